The molecule has 0 saturated heterocycles. The van der Waals surface area contributed by atoms with Gasteiger partial charge in [0.2, 0.25) is 11.7 Å². The Hall–Kier alpha value is -2.54. The fourth-order valence-corrected chi connectivity index (χ4v) is 3.97. The normalized spacial score (nSPS) is 14.6. The number of aromatic nitrogens is 3. The van der Waals surface area contributed by atoms with Gasteiger partial charge in [-0.3, -0.25) is 9.36 Å². The molecule has 0 radical (unpaired) electrons. The molecule has 6 nitrogen and oxygen atoms in total. The number of nitrogens with one attached hydrogen (secondary N) is 1. The average molecular weight is 368 g/mol. The molecule has 1 aromatic carbocycles. The van der Waals surface area contributed by atoms with Gasteiger partial charge in [-0.1, -0.05) is 42.8 Å². The molecule has 0 bridgehead atoms. The first kappa shape index (κ1) is 16.9. The van der Waals surface area contributed by atoms with Crippen molar-refractivity contribution < 1.29 is 9.21 Å². The number of nitrogens with zero attached hydrogens (tertiary/aromatic N) is 3. The third-order valence-electron chi connectivity index (χ3n) is 4.44. The average Bonchev–Trinajstić information content (AvgIpc) is 3.41. The van der Waals surface area contributed by atoms with Crippen LogP contribution in [0.1, 0.15) is 25.7 Å². The van der Waals surface area contributed by atoms with Crippen LogP contribution in [-0.4, -0.2) is 32.5 Å². The molecule has 4 rings (SSSR count). The molecule has 134 valence electrons. The van der Waals surface area contributed by atoms with Crippen LogP contribution in [0.5, 0.6) is 0 Å². The van der Waals surface area contributed by atoms with Crippen molar-refractivity contribution in [3.05, 3.63) is 48.7 Å². The molecule has 0 unspecified atom stereocenters. The number of carbonyl (C=O) groups excluding carboxylic acids is 1. The summed E-state index contributed by atoms with van der Waals surface area (Å²) in [5.41, 5.74) is 0.933. The van der Waals surface area contributed by atoms with Gasteiger partial charge in [-0.2, -0.15) is 0 Å². The van der Waals surface area contributed by atoms with Crippen molar-refractivity contribution in [2.24, 2.45) is 0 Å². The van der Waals surface area contributed by atoms with E-state index in [1.807, 2.05) is 47.0 Å². The van der Waals surface area contributed by atoms with Gasteiger partial charge in [-0.05, 0) is 37.1 Å². The minimum Gasteiger partial charge on any atom is -0.461 e. The summed E-state index contributed by atoms with van der Waals surface area (Å²) in [7, 11) is 0. The van der Waals surface area contributed by atoms with E-state index >= 15 is 0 Å². The quantitative estimate of drug-likeness (QED) is 0.672. The second kappa shape index (κ2) is 7.78. The molecule has 1 aliphatic carbocycles. The van der Waals surface area contributed by atoms with Gasteiger partial charge in [0, 0.05) is 11.7 Å². The Balaban J connectivity index is 1.55. The molecule has 1 N–H and O–H groups in total. The lowest BCUT2D eigenvalue weighted by molar-refractivity contribution is -0.119. The largest absolute Gasteiger partial charge is 0.461 e. The number of benzene rings is 1. The molecule has 2 heterocycles. The Bertz CT molecular complexity index is 855. The fourth-order valence-electron chi connectivity index (χ4n) is 3.21. The summed E-state index contributed by atoms with van der Waals surface area (Å²) in [6.45, 7) is 0. The van der Waals surface area contributed by atoms with Gasteiger partial charge < -0.3 is 9.73 Å². The summed E-state index contributed by atoms with van der Waals surface area (Å²) in [5, 5.41) is 12.3. The zero-order valence-corrected chi connectivity index (χ0v) is 15.1. The lowest BCUT2D eigenvalue weighted by Gasteiger charge is -2.12. The highest BCUT2D eigenvalue weighted by molar-refractivity contribution is 7.99. The minimum absolute atomic E-state index is 0.0454. The van der Waals surface area contributed by atoms with Crippen LogP contribution in [0.3, 0.4) is 0 Å². The van der Waals surface area contributed by atoms with Gasteiger partial charge in [0.25, 0.3) is 0 Å². The van der Waals surface area contributed by atoms with E-state index in [1.54, 1.807) is 6.26 Å². The van der Waals surface area contributed by atoms with Crippen LogP contribution in [0.15, 0.2) is 58.3 Å². The summed E-state index contributed by atoms with van der Waals surface area (Å²) in [6, 6.07) is 13.9. The molecule has 0 aliphatic heterocycles. The van der Waals surface area contributed by atoms with Gasteiger partial charge in [0.15, 0.2) is 10.9 Å². The number of rotatable bonds is 6. The van der Waals surface area contributed by atoms with E-state index in [-0.39, 0.29) is 5.91 Å². The van der Waals surface area contributed by atoms with Crippen LogP contribution in [0.25, 0.3) is 17.3 Å². The predicted molar refractivity (Wildman–Crippen MR) is 100 cm³/mol. The van der Waals surface area contributed by atoms with E-state index in [9.17, 15) is 4.79 Å². The molecular weight excluding hydrogens is 348 g/mol. The maximum atomic E-state index is 12.2. The van der Waals surface area contributed by atoms with Crippen LogP contribution in [0.2, 0.25) is 0 Å². The Kier molecular flexibility index (Phi) is 5.06. The van der Waals surface area contributed by atoms with Crippen molar-refractivity contribution in [3.63, 3.8) is 0 Å². The first-order chi connectivity index (χ1) is 12.8. The summed E-state index contributed by atoms with van der Waals surface area (Å²) in [6.07, 6.45) is 6.18. The van der Waals surface area contributed by atoms with Crippen LogP contribution in [0, 0.1) is 0 Å². The Morgan fingerprint density at radius 1 is 1.15 bits per heavy atom. The lowest BCUT2D eigenvalue weighted by atomic mass is 10.2. The fraction of sp³-hybridized carbons (Fsp3) is 0.316. The molecule has 7 heteroatoms. The summed E-state index contributed by atoms with van der Waals surface area (Å²) >= 11 is 1.39. The summed E-state index contributed by atoms with van der Waals surface area (Å²) in [5.74, 6) is 1.63. The SMILES string of the molecule is O=C(CSc1nnc(-c2ccco2)n1-c1ccccc1)NC1CCCC1. The number of para-hydroxylation sites is 1. The van der Waals surface area contributed by atoms with E-state index in [0.29, 0.717) is 28.5 Å². The molecule has 1 aliphatic rings. The van der Waals surface area contributed by atoms with Crippen LogP contribution in [0.4, 0.5) is 0 Å². The predicted octanol–water partition coefficient (Wildman–Crippen LogP) is 3.68. The second-order valence-corrected chi connectivity index (χ2v) is 7.23. The Labute approximate surface area is 156 Å². The number of furan rings is 1. The van der Waals surface area contributed by atoms with Crippen molar-refractivity contribution in [2.75, 3.05) is 5.75 Å². The van der Waals surface area contributed by atoms with Gasteiger partial charge in [0.05, 0.1) is 12.0 Å². The van der Waals surface area contributed by atoms with E-state index < -0.39 is 0 Å². The highest BCUT2D eigenvalue weighted by Gasteiger charge is 2.20. The number of hydrogen-bond acceptors (Lipinski definition) is 5. The molecule has 3 aromatic rings. The highest BCUT2D eigenvalue weighted by Crippen LogP contribution is 2.28. The number of hydrogen-bond donors (Lipinski definition) is 1. The highest BCUT2D eigenvalue weighted by atomic mass is 32.2. The topological polar surface area (TPSA) is 73.0 Å². The van der Waals surface area contributed by atoms with Gasteiger partial charge in [-0.25, -0.2) is 0 Å². The number of carbonyl (C=O) groups is 1. The molecule has 2 aromatic heterocycles. The van der Waals surface area contributed by atoms with Crippen molar-refractivity contribution in [2.45, 2.75) is 36.9 Å². The monoisotopic (exact) mass is 368 g/mol. The number of thioether (sulfide) groups is 1. The van der Waals surface area contributed by atoms with E-state index in [1.165, 1.54) is 24.6 Å². The zero-order valence-electron chi connectivity index (χ0n) is 14.3. The molecule has 0 atom stereocenters. The summed E-state index contributed by atoms with van der Waals surface area (Å²) < 4.78 is 7.42. The smallest absolute Gasteiger partial charge is 0.230 e. The first-order valence-corrected chi connectivity index (χ1v) is 9.77. The second-order valence-electron chi connectivity index (χ2n) is 6.29. The third kappa shape index (κ3) is 3.67. The molecule has 26 heavy (non-hydrogen) atoms. The molecule has 1 fully saturated rings. The van der Waals surface area contributed by atoms with Crippen molar-refractivity contribution >= 4 is 17.7 Å². The van der Waals surface area contributed by atoms with Crippen LogP contribution in [-0.2, 0) is 4.79 Å². The third-order valence-corrected chi connectivity index (χ3v) is 5.37. The van der Waals surface area contributed by atoms with E-state index in [0.717, 1.165) is 18.5 Å². The lowest BCUT2D eigenvalue weighted by Crippen LogP contribution is -2.33. The van der Waals surface area contributed by atoms with Gasteiger partial charge in [-0.15, -0.1) is 10.2 Å². The standard InChI is InChI=1S/C19H20N4O2S/c24-17(20-14-7-4-5-8-14)13-26-19-22-21-18(16-11-6-12-25-16)23(19)15-9-2-1-3-10-15/h1-3,6,9-12,14H,4-5,7-8,13H2,(H,20,24). The maximum absolute atomic E-state index is 12.2. The van der Waals surface area contributed by atoms with Gasteiger partial charge in [0.1, 0.15) is 0 Å². The van der Waals surface area contributed by atoms with E-state index in [2.05, 4.69) is 15.5 Å². The maximum Gasteiger partial charge on any atom is 0.230 e. The molecular formula is C19H20N4O2S. The first-order valence-electron chi connectivity index (χ1n) is 8.78. The van der Waals surface area contributed by atoms with Crippen LogP contribution >= 0.6 is 11.8 Å². The molecule has 1 saturated carbocycles. The minimum atomic E-state index is 0.0454. The summed E-state index contributed by atoms with van der Waals surface area (Å²) in [4.78, 5) is 12.2. The Morgan fingerprint density at radius 2 is 1.96 bits per heavy atom. The van der Waals surface area contributed by atoms with Gasteiger partial charge >= 0.3 is 0 Å². The van der Waals surface area contributed by atoms with Crippen molar-refractivity contribution in [1.82, 2.24) is 20.1 Å². The van der Waals surface area contributed by atoms with Crippen LogP contribution < -0.4 is 5.32 Å². The van der Waals surface area contributed by atoms with Crippen molar-refractivity contribution in [3.8, 4) is 17.3 Å². The van der Waals surface area contributed by atoms with E-state index in [4.69, 9.17) is 4.42 Å². The Morgan fingerprint density at radius 3 is 2.69 bits per heavy atom. The number of amides is 1. The zero-order chi connectivity index (χ0) is 17.8. The van der Waals surface area contributed by atoms with Crippen molar-refractivity contribution in [1.29, 1.82) is 0 Å². The molecule has 0 spiro atoms. The molecule has 1 amide bonds.